The Bertz CT molecular complexity index is 454. The van der Waals surface area contributed by atoms with Crippen molar-refractivity contribution in [3.8, 4) is 0 Å². The normalized spacial score (nSPS) is 23.9. The monoisotopic (exact) mass is 394 g/mol. The zero-order valence-electron chi connectivity index (χ0n) is 18.3. The van der Waals surface area contributed by atoms with E-state index < -0.39 is 5.79 Å². The van der Waals surface area contributed by atoms with Crippen molar-refractivity contribution >= 4 is 5.97 Å². The largest absolute Gasteiger partial charge is 0.461 e. The molecule has 0 aromatic carbocycles. The van der Waals surface area contributed by atoms with Gasteiger partial charge in [-0.2, -0.15) is 0 Å². The molecule has 2 atom stereocenters. The fourth-order valence-corrected chi connectivity index (χ4v) is 4.23. The summed E-state index contributed by atoms with van der Waals surface area (Å²) in [6.07, 6.45) is 20.6. The molecule has 0 bridgehead atoms. The van der Waals surface area contributed by atoms with E-state index in [1.807, 2.05) is 0 Å². The zero-order valence-corrected chi connectivity index (χ0v) is 18.3. The van der Waals surface area contributed by atoms with Gasteiger partial charge in [-0.05, 0) is 19.3 Å². The van der Waals surface area contributed by atoms with E-state index >= 15 is 0 Å². The Hall–Kier alpha value is -0.870. The second-order valence-electron chi connectivity index (χ2n) is 8.47. The van der Waals surface area contributed by atoms with Crippen LogP contribution in [0.2, 0.25) is 0 Å². The lowest BCUT2D eigenvalue weighted by molar-refractivity contribution is -0.219. The summed E-state index contributed by atoms with van der Waals surface area (Å²) in [7, 11) is 0. The molecule has 0 amide bonds. The minimum Gasteiger partial charge on any atom is -0.461 e. The summed E-state index contributed by atoms with van der Waals surface area (Å²) in [5, 5.41) is 0. The van der Waals surface area contributed by atoms with Crippen molar-refractivity contribution in [2.45, 2.75) is 116 Å². The van der Waals surface area contributed by atoms with Crippen LogP contribution in [0.1, 0.15) is 104 Å². The molecular formula is C24H42O4. The van der Waals surface area contributed by atoms with Crippen molar-refractivity contribution in [1.82, 2.24) is 0 Å². The van der Waals surface area contributed by atoms with Crippen molar-refractivity contribution in [2.75, 3.05) is 13.2 Å². The van der Waals surface area contributed by atoms with Crippen LogP contribution in [0.25, 0.3) is 0 Å². The molecule has 2 rings (SSSR count). The predicted octanol–water partition coefficient (Wildman–Crippen LogP) is 6.33. The average molecular weight is 395 g/mol. The van der Waals surface area contributed by atoms with Crippen LogP contribution in [0.15, 0.2) is 12.2 Å². The van der Waals surface area contributed by atoms with Crippen LogP contribution >= 0.6 is 0 Å². The van der Waals surface area contributed by atoms with E-state index in [1.165, 1.54) is 51.4 Å². The molecule has 0 N–H and O–H groups in total. The molecule has 0 saturated carbocycles. The van der Waals surface area contributed by atoms with Gasteiger partial charge in [-0.1, -0.05) is 83.8 Å². The quantitative estimate of drug-likeness (QED) is 0.174. The molecule has 0 spiro atoms. The number of carbonyl (C=O) groups excluding carboxylic acids is 1. The summed E-state index contributed by atoms with van der Waals surface area (Å²) in [6, 6.07) is 0. The summed E-state index contributed by atoms with van der Waals surface area (Å²) in [5.41, 5.74) is 0. The van der Waals surface area contributed by atoms with Gasteiger partial charge < -0.3 is 14.2 Å². The van der Waals surface area contributed by atoms with Gasteiger partial charge in [-0.3, -0.25) is 4.79 Å². The molecule has 2 heterocycles. The first kappa shape index (κ1) is 23.4. The fraction of sp³-hybridized carbons (Fsp3) is 0.875. The Labute approximate surface area is 172 Å². The fourth-order valence-electron chi connectivity index (χ4n) is 4.23. The van der Waals surface area contributed by atoms with Crippen LogP contribution in [-0.2, 0) is 19.0 Å². The summed E-state index contributed by atoms with van der Waals surface area (Å²) in [4.78, 5) is 11.9. The maximum absolute atomic E-state index is 11.9. The van der Waals surface area contributed by atoms with Crippen molar-refractivity contribution in [3.05, 3.63) is 12.2 Å². The lowest BCUT2D eigenvalue weighted by atomic mass is 9.86. The third-order valence-corrected chi connectivity index (χ3v) is 6.02. The maximum atomic E-state index is 11.9. The van der Waals surface area contributed by atoms with Gasteiger partial charge in [-0.25, -0.2) is 0 Å². The molecular weight excluding hydrogens is 352 g/mol. The average Bonchev–Trinajstić information content (AvgIpc) is 3.15. The number of hydrogen-bond acceptors (Lipinski definition) is 4. The van der Waals surface area contributed by atoms with Crippen molar-refractivity contribution in [3.63, 3.8) is 0 Å². The topological polar surface area (TPSA) is 44.8 Å². The van der Waals surface area contributed by atoms with Crippen molar-refractivity contribution in [2.24, 2.45) is 5.92 Å². The first-order valence-corrected chi connectivity index (χ1v) is 11.8. The van der Waals surface area contributed by atoms with Gasteiger partial charge in [0, 0.05) is 12.8 Å². The van der Waals surface area contributed by atoms with E-state index in [9.17, 15) is 4.79 Å². The Morgan fingerprint density at radius 2 is 1.54 bits per heavy atom. The van der Waals surface area contributed by atoms with Crippen molar-refractivity contribution in [1.29, 1.82) is 0 Å². The lowest BCUT2D eigenvalue weighted by Crippen LogP contribution is -2.50. The molecule has 2 saturated heterocycles. The number of allylic oxidation sites excluding steroid dienone is 2. The van der Waals surface area contributed by atoms with E-state index in [0.29, 0.717) is 19.6 Å². The van der Waals surface area contributed by atoms with E-state index in [-0.39, 0.29) is 18.0 Å². The number of esters is 1. The molecule has 2 fully saturated rings. The SMILES string of the molecule is CCC/C=C\C[C@@H]1C(=O)O[C@H]1CC1(CCCCCCCCCCC)OCCO1. The molecule has 2 aliphatic rings. The number of unbranched alkanes of at least 4 members (excludes halogenated alkanes) is 9. The molecule has 162 valence electrons. The minimum atomic E-state index is -0.530. The lowest BCUT2D eigenvalue weighted by Gasteiger charge is -2.39. The number of cyclic esters (lactones) is 1. The highest BCUT2D eigenvalue weighted by Crippen LogP contribution is 2.38. The van der Waals surface area contributed by atoms with Crippen LogP contribution in [0.5, 0.6) is 0 Å². The highest BCUT2D eigenvalue weighted by atomic mass is 16.7. The van der Waals surface area contributed by atoms with E-state index in [4.69, 9.17) is 14.2 Å². The highest BCUT2D eigenvalue weighted by Gasteiger charge is 2.48. The highest BCUT2D eigenvalue weighted by molar-refractivity contribution is 5.78. The first-order chi connectivity index (χ1) is 13.7. The standard InChI is InChI=1S/C24H42O4/c1-3-5-7-9-10-11-12-13-15-17-24(26-18-19-27-24)20-22-21(23(25)28-22)16-14-8-6-4-2/h8,14,21-22H,3-7,9-13,15-20H2,1-2H3/b14-8-/t21-,22-/m0/s1. The molecule has 28 heavy (non-hydrogen) atoms. The Morgan fingerprint density at radius 1 is 0.893 bits per heavy atom. The summed E-state index contributed by atoms with van der Waals surface area (Å²) < 4.78 is 17.5. The third-order valence-electron chi connectivity index (χ3n) is 6.02. The molecule has 0 aromatic rings. The second-order valence-corrected chi connectivity index (χ2v) is 8.47. The van der Waals surface area contributed by atoms with Crippen LogP contribution in [0.4, 0.5) is 0 Å². The minimum absolute atomic E-state index is 0.0269. The van der Waals surface area contributed by atoms with Gasteiger partial charge in [0.2, 0.25) is 0 Å². The first-order valence-electron chi connectivity index (χ1n) is 11.8. The summed E-state index contributed by atoms with van der Waals surface area (Å²) >= 11 is 0. The number of ether oxygens (including phenoxy) is 3. The zero-order chi connectivity index (χ0) is 20.1. The van der Waals surface area contributed by atoms with Gasteiger partial charge in [0.25, 0.3) is 0 Å². The summed E-state index contributed by atoms with van der Waals surface area (Å²) in [5.74, 6) is -0.624. The Balaban J connectivity index is 1.66. The Morgan fingerprint density at radius 3 is 2.14 bits per heavy atom. The van der Waals surface area contributed by atoms with Gasteiger partial charge >= 0.3 is 5.97 Å². The van der Waals surface area contributed by atoms with E-state index in [0.717, 1.165) is 32.1 Å². The molecule has 0 aliphatic carbocycles. The smallest absolute Gasteiger partial charge is 0.313 e. The number of rotatable bonds is 16. The molecule has 4 heteroatoms. The van der Waals surface area contributed by atoms with Gasteiger partial charge in [0.15, 0.2) is 5.79 Å². The predicted molar refractivity (Wildman–Crippen MR) is 113 cm³/mol. The second kappa shape index (κ2) is 13.4. The molecule has 0 unspecified atom stereocenters. The summed E-state index contributed by atoms with van der Waals surface area (Å²) in [6.45, 7) is 5.73. The van der Waals surface area contributed by atoms with Crippen molar-refractivity contribution < 1.29 is 19.0 Å². The number of hydrogen-bond donors (Lipinski definition) is 0. The molecule has 0 aromatic heterocycles. The van der Waals surface area contributed by atoms with Crippen LogP contribution in [0.3, 0.4) is 0 Å². The van der Waals surface area contributed by atoms with E-state index in [2.05, 4.69) is 26.0 Å². The Kier molecular flexibility index (Phi) is 11.2. The van der Waals surface area contributed by atoms with Gasteiger partial charge in [0.1, 0.15) is 6.10 Å². The number of carbonyl (C=O) groups is 1. The molecule has 2 aliphatic heterocycles. The third kappa shape index (κ3) is 7.87. The molecule has 4 nitrogen and oxygen atoms in total. The van der Waals surface area contributed by atoms with Crippen LogP contribution < -0.4 is 0 Å². The van der Waals surface area contributed by atoms with E-state index in [1.54, 1.807) is 0 Å². The maximum Gasteiger partial charge on any atom is 0.313 e. The van der Waals surface area contributed by atoms with Gasteiger partial charge in [0.05, 0.1) is 19.1 Å². The van der Waals surface area contributed by atoms with Crippen LogP contribution in [0, 0.1) is 5.92 Å². The molecule has 0 radical (unpaired) electrons. The van der Waals surface area contributed by atoms with Gasteiger partial charge in [-0.15, -0.1) is 0 Å². The van der Waals surface area contributed by atoms with Crippen LogP contribution in [-0.4, -0.2) is 31.1 Å².